The van der Waals surface area contributed by atoms with Crippen molar-refractivity contribution in [3.63, 3.8) is 0 Å². The van der Waals surface area contributed by atoms with Gasteiger partial charge in [0.15, 0.2) is 0 Å². The second-order valence-electron chi connectivity index (χ2n) is 3.32. The minimum absolute atomic E-state index is 0.0681. The first kappa shape index (κ1) is 15.4. The van der Waals surface area contributed by atoms with Crippen LogP contribution in [0.5, 0.6) is 0 Å². The van der Waals surface area contributed by atoms with Crippen molar-refractivity contribution in [2.75, 3.05) is 6.61 Å². The van der Waals surface area contributed by atoms with Crippen molar-refractivity contribution in [3.8, 4) is 0 Å². The predicted molar refractivity (Wildman–Crippen MR) is 57.8 cm³/mol. The number of esters is 3. The molecule has 0 heterocycles. The summed E-state index contributed by atoms with van der Waals surface area (Å²) in [6.07, 6.45) is 0.136. The molecule has 0 unspecified atom stereocenters. The van der Waals surface area contributed by atoms with Gasteiger partial charge < -0.3 is 14.2 Å². The molecule has 0 aliphatic rings. The standard InChI is InChI=1S/C11H18O6/c1-5-8(12)16-11(4,10(14)15-7-3)17-9(13)6-2/h5-7H2,1-4H3. The van der Waals surface area contributed by atoms with Crippen molar-refractivity contribution in [1.82, 2.24) is 0 Å². The molecule has 0 bridgehead atoms. The first-order chi connectivity index (χ1) is 7.89. The van der Waals surface area contributed by atoms with Crippen LogP contribution in [-0.4, -0.2) is 30.3 Å². The zero-order valence-electron chi connectivity index (χ0n) is 10.6. The molecule has 0 aliphatic carbocycles. The molecule has 0 aliphatic heterocycles. The van der Waals surface area contributed by atoms with Crippen LogP contribution < -0.4 is 0 Å². The van der Waals surface area contributed by atoms with Gasteiger partial charge in [-0.15, -0.1) is 0 Å². The molecule has 0 spiro atoms. The van der Waals surface area contributed by atoms with Gasteiger partial charge in [0.1, 0.15) is 0 Å². The van der Waals surface area contributed by atoms with Gasteiger partial charge in [-0.2, -0.15) is 0 Å². The summed E-state index contributed by atoms with van der Waals surface area (Å²) in [5.74, 6) is -4.20. The topological polar surface area (TPSA) is 78.9 Å². The predicted octanol–water partition coefficient (Wildman–Crippen LogP) is 1.17. The molecule has 0 radical (unpaired) electrons. The van der Waals surface area contributed by atoms with Gasteiger partial charge in [0, 0.05) is 19.8 Å². The SMILES string of the molecule is CCOC(=O)C(C)(OC(=O)CC)OC(=O)CC. The zero-order chi connectivity index (χ0) is 13.5. The Morgan fingerprint density at radius 3 is 1.65 bits per heavy atom. The van der Waals surface area contributed by atoms with Crippen LogP contribution in [0, 0.1) is 0 Å². The van der Waals surface area contributed by atoms with Gasteiger partial charge in [0.25, 0.3) is 0 Å². The van der Waals surface area contributed by atoms with E-state index in [1.807, 2.05) is 0 Å². The fraction of sp³-hybridized carbons (Fsp3) is 0.727. The summed E-state index contributed by atoms with van der Waals surface area (Å²) in [4.78, 5) is 34.0. The minimum atomic E-state index is -2.00. The smallest absolute Gasteiger partial charge is 0.392 e. The van der Waals surface area contributed by atoms with E-state index >= 15 is 0 Å². The van der Waals surface area contributed by atoms with Crippen molar-refractivity contribution in [2.24, 2.45) is 0 Å². The second kappa shape index (κ2) is 6.88. The maximum Gasteiger partial charge on any atom is 0.392 e. The van der Waals surface area contributed by atoms with Crippen LogP contribution in [0.2, 0.25) is 0 Å². The number of hydrogen-bond donors (Lipinski definition) is 0. The van der Waals surface area contributed by atoms with Crippen LogP contribution in [0.25, 0.3) is 0 Å². The van der Waals surface area contributed by atoms with Crippen molar-refractivity contribution in [1.29, 1.82) is 0 Å². The summed E-state index contributed by atoms with van der Waals surface area (Å²) in [5, 5.41) is 0. The highest BCUT2D eigenvalue weighted by atomic mass is 16.8. The van der Waals surface area contributed by atoms with E-state index in [2.05, 4.69) is 0 Å². The Labute approximate surface area is 100 Å². The number of hydrogen-bond acceptors (Lipinski definition) is 6. The summed E-state index contributed by atoms with van der Waals surface area (Å²) < 4.78 is 14.3. The molecule has 0 atom stereocenters. The van der Waals surface area contributed by atoms with Crippen LogP contribution in [0.3, 0.4) is 0 Å². The maximum absolute atomic E-state index is 11.6. The van der Waals surface area contributed by atoms with Crippen molar-refractivity contribution >= 4 is 17.9 Å². The van der Waals surface area contributed by atoms with E-state index in [9.17, 15) is 14.4 Å². The first-order valence-electron chi connectivity index (χ1n) is 5.50. The lowest BCUT2D eigenvalue weighted by Crippen LogP contribution is -2.45. The Hall–Kier alpha value is -1.59. The molecular formula is C11H18O6. The van der Waals surface area contributed by atoms with Crippen LogP contribution in [0.15, 0.2) is 0 Å². The average molecular weight is 246 g/mol. The Bertz CT molecular complexity index is 278. The lowest BCUT2D eigenvalue weighted by Gasteiger charge is -2.26. The molecule has 0 amide bonds. The summed E-state index contributed by atoms with van der Waals surface area (Å²) in [6, 6.07) is 0. The summed E-state index contributed by atoms with van der Waals surface area (Å²) in [7, 11) is 0. The molecule has 0 N–H and O–H groups in total. The quantitative estimate of drug-likeness (QED) is 0.517. The summed E-state index contributed by atoms with van der Waals surface area (Å²) in [5.41, 5.74) is 0. The lowest BCUT2D eigenvalue weighted by atomic mass is 10.3. The van der Waals surface area contributed by atoms with Crippen LogP contribution in [0.1, 0.15) is 40.5 Å². The summed E-state index contributed by atoms with van der Waals surface area (Å²) in [6.45, 7) is 6.01. The monoisotopic (exact) mass is 246 g/mol. The number of rotatable bonds is 6. The highest BCUT2D eigenvalue weighted by Gasteiger charge is 2.43. The first-order valence-corrected chi connectivity index (χ1v) is 5.50. The number of ether oxygens (including phenoxy) is 3. The van der Waals surface area contributed by atoms with Gasteiger partial charge in [-0.25, -0.2) is 4.79 Å². The fourth-order valence-electron chi connectivity index (χ4n) is 0.945. The minimum Gasteiger partial charge on any atom is -0.460 e. The van der Waals surface area contributed by atoms with E-state index < -0.39 is 23.7 Å². The maximum atomic E-state index is 11.6. The molecule has 0 rings (SSSR count). The van der Waals surface area contributed by atoms with E-state index in [1.54, 1.807) is 20.8 Å². The molecule has 0 saturated heterocycles. The molecule has 98 valence electrons. The zero-order valence-corrected chi connectivity index (χ0v) is 10.6. The Balaban J connectivity index is 4.85. The molecule has 0 fully saturated rings. The van der Waals surface area contributed by atoms with Crippen molar-refractivity contribution in [3.05, 3.63) is 0 Å². The largest absolute Gasteiger partial charge is 0.460 e. The third kappa shape index (κ3) is 4.84. The fourth-order valence-corrected chi connectivity index (χ4v) is 0.945. The molecule has 0 saturated carbocycles. The highest BCUT2D eigenvalue weighted by molar-refractivity contribution is 5.84. The summed E-state index contributed by atoms with van der Waals surface area (Å²) >= 11 is 0. The van der Waals surface area contributed by atoms with E-state index in [-0.39, 0.29) is 19.4 Å². The van der Waals surface area contributed by atoms with Gasteiger partial charge >= 0.3 is 23.7 Å². The third-order valence-electron chi connectivity index (χ3n) is 1.84. The van der Waals surface area contributed by atoms with Gasteiger partial charge in [0.2, 0.25) is 0 Å². The van der Waals surface area contributed by atoms with E-state index in [0.29, 0.717) is 0 Å². The van der Waals surface area contributed by atoms with Gasteiger partial charge in [-0.3, -0.25) is 9.59 Å². The molecule has 0 aromatic heterocycles. The van der Waals surface area contributed by atoms with Crippen molar-refractivity contribution < 1.29 is 28.6 Å². The average Bonchev–Trinajstić information content (AvgIpc) is 2.28. The normalized spacial score (nSPS) is 10.6. The van der Waals surface area contributed by atoms with Gasteiger partial charge in [-0.05, 0) is 6.92 Å². The Morgan fingerprint density at radius 2 is 1.35 bits per heavy atom. The van der Waals surface area contributed by atoms with Crippen LogP contribution >= 0.6 is 0 Å². The van der Waals surface area contributed by atoms with E-state index in [4.69, 9.17) is 14.2 Å². The second-order valence-corrected chi connectivity index (χ2v) is 3.32. The molecule has 0 aromatic rings. The Morgan fingerprint density at radius 1 is 0.941 bits per heavy atom. The van der Waals surface area contributed by atoms with Gasteiger partial charge in [-0.1, -0.05) is 13.8 Å². The third-order valence-corrected chi connectivity index (χ3v) is 1.84. The van der Waals surface area contributed by atoms with E-state index in [1.165, 1.54) is 6.92 Å². The molecule has 0 aromatic carbocycles. The molecule has 6 nitrogen and oxygen atoms in total. The number of carbonyl (C=O) groups excluding carboxylic acids is 3. The Kier molecular flexibility index (Phi) is 6.23. The van der Waals surface area contributed by atoms with Crippen molar-refractivity contribution in [2.45, 2.75) is 46.3 Å². The molecule has 17 heavy (non-hydrogen) atoms. The number of carbonyl (C=O) groups is 3. The highest BCUT2D eigenvalue weighted by Crippen LogP contribution is 2.17. The van der Waals surface area contributed by atoms with Crippen LogP contribution in [0.4, 0.5) is 0 Å². The van der Waals surface area contributed by atoms with Crippen LogP contribution in [-0.2, 0) is 28.6 Å². The molecule has 6 heteroatoms. The van der Waals surface area contributed by atoms with E-state index in [0.717, 1.165) is 0 Å². The van der Waals surface area contributed by atoms with Gasteiger partial charge in [0.05, 0.1) is 6.61 Å². The lowest BCUT2D eigenvalue weighted by molar-refractivity contribution is -0.234. The molecular weight excluding hydrogens is 228 g/mol.